The minimum atomic E-state index is -0.607. The molecule has 0 radical (unpaired) electrons. The summed E-state index contributed by atoms with van der Waals surface area (Å²) in [7, 11) is 0. The average molecular weight is 331 g/mol. The second-order valence-electron chi connectivity index (χ2n) is 5.15. The summed E-state index contributed by atoms with van der Waals surface area (Å²) in [6, 6.07) is 11.8. The summed E-state index contributed by atoms with van der Waals surface area (Å²) in [5.41, 5.74) is 1.49. The van der Waals surface area contributed by atoms with Gasteiger partial charge in [0.2, 0.25) is 11.8 Å². The minimum absolute atomic E-state index is 0.328. The maximum atomic E-state index is 13.1. The van der Waals surface area contributed by atoms with Gasteiger partial charge in [-0.05, 0) is 43.3 Å². The maximum absolute atomic E-state index is 13.1. The second kappa shape index (κ2) is 8.07. The Morgan fingerprint density at radius 3 is 2.33 bits per heavy atom. The molecule has 2 amide bonds. The molecule has 0 saturated heterocycles. The van der Waals surface area contributed by atoms with E-state index < -0.39 is 24.4 Å². The van der Waals surface area contributed by atoms with E-state index in [4.69, 9.17) is 5.11 Å². The molecule has 4 N–H and O–H groups in total. The van der Waals surface area contributed by atoms with E-state index in [1.54, 1.807) is 37.3 Å². The van der Waals surface area contributed by atoms with Gasteiger partial charge in [-0.3, -0.25) is 9.59 Å². The number of amides is 2. The number of benzene rings is 2. The standard InChI is InChI=1S/C17H18FN3O3/c1-11(17(24)21-13-5-2-4-12(18)8-13)19-14-6-3-7-15(9-14)20-16(23)10-22/h2-9,11,19,22H,10H2,1H3,(H,20,23)(H,21,24)/t11-/m1/s1. The zero-order valence-electron chi connectivity index (χ0n) is 13.0. The fourth-order valence-electron chi connectivity index (χ4n) is 2.02. The van der Waals surface area contributed by atoms with Crippen molar-refractivity contribution in [2.75, 3.05) is 22.6 Å². The normalized spacial score (nSPS) is 11.5. The van der Waals surface area contributed by atoms with Gasteiger partial charge in [-0.1, -0.05) is 12.1 Å². The van der Waals surface area contributed by atoms with E-state index >= 15 is 0 Å². The van der Waals surface area contributed by atoms with Crippen LogP contribution in [0.3, 0.4) is 0 Å². The Labute approximate surface area is 138 Å². The van der Waals surface area contributed by atoms with E-state index in [0.29, 0.717) is 17.1 Å². The van der Waals surface area contributed by atoms with Crippen molar-refractivity contribution < 1.29 is 19.1 Å². The van der Waals surface area contributed by atoms with Gasteiger partial charge < -0.3 is 21.1 Å². The first-order valence-corrected chi connectivity index (χ1v) is 7.31. The average Bonchev–Trinajstić information content (AvgIpc) is 2.55. The highest BCUT2D eigenvalue weighted by Gasteiger charge is 2.13. The van der Waals surface area contributed by atoms with Gasteiger partial charge in [0.15, 0.2) is 0 Å². The van der Waals surface area contributed by atoms with Crippen molar-refractivity contribution >= 4 is 28.9 Å². The Morgan fingerprint density at radius 1 is 1.04 bits per heavy atom. The van der Waals surface area contributed by atoms with Crippen LogP contribution in [0.15, 0.2) is 48.5 Å². The van der Waals surface area contributed by atoms with Crippen molar-refractivity contribution in [2.24, 2.45) is 0 Å². The smallest absolute Gasteiger partial charge is 0.250 e. The van der Waals surface area contributed by atoms with E-state index in [-0.39, 0.29) is 5.91 Å². The number of carbonyl (C=O) groups is 2. The lowest BCUT2D eigenvalue weighted by Crippen LogP contribution is -2.31. The van der Waals surface area contributed by atoms with Gasteiger partial charge in [-0.15, -0.1) is 0 Å². The lowest BCUT2D eigenvalue weighted by Gasteiger charge is -2.16. The zero-order valence-corrected chi connectivity index (χ0v) is 13.0. The fraction of sp³-hybridized carbons (Fsp3) is 0.176. The van der Waals surface area contributed by atoms with E-state index in [2.05, 4.69) is 16.0 Å². The molecule has 2 aromatic rings. The van der Waals surface area contributed by atoms with Crippen molar-refractivity contribution in [1.29, 1.82) is 0 Å². The number of hydrogen-bond acceptors (Lipinski definition) is 4. The molecular weight excluding hydrogens is 313 g/mol. The van der Waals surface area contributed by atoms with E-state index in [1.807, 2.05) is 0 Å². The molecular formula is C17H18FN3O3. The Hall–Kier alpha value is -2.93. The SMILES string of the molecule is C[C@@H](Nc1cccc(NC(=O)CO)c1)C(=O)Nc1cccc(F)c1. The quantitative estimate of drug-likeness (QED) is 0.653. The summed E-state index contributed by atoms with van der Waals surface area (Å²) in [4.78, 5) is 23.3. The summed E-state index contributed by atoms with van der Waals surface area (Å²) in [6.45, 7) is 1.05. The Bertz CT molecular complexity index is 737. The molecule has 0 bridgehead atoms. The number of rotatable bonds is 6. The summed E-state index contributed by atoms with van der Waals surface area (Å²) in [6.07, 6.45) is 0. The van der Waals surface area contributed by atoms with E-state index in [1.165, 1.54) is 18.2 Å². The Morgan fingerprint density at radius 2 is 1.67 bits per heavy atom. The molecule has 0 aliphatic carbocycles. The maximum Gasteiger partial charge on any atom is 0.250 e. The summed E-state index contributed by atoms with van der Waals surface area (Å²) in [5, 5.41) is 16.8. The summed E-state index contributed by atoms with van der Waals surface area (Å²) < 4.78 is 13.1. The van der Waals surface area contributed by atoms with Crippen LogP contribution in [0.1, 0.15) is 6.92 Å². The molecule has 1 atom stereocenters. The van der Waals surface area contributed by atoms with Gasteiger partial charge in [0.25, 0.3) is 0 Å². The predicted molar refractivity (Wildman–Crippen MR) is 90.3 cm³/mol. The largest absolute Gasteiger partial charge is 0.387 e. The number of carbonyl (C=O) groups excluding carboxylic acids is 2. The van der Waals surface area contributed by atoms with Crippen LogP contribution < -0.4 is 16.0 Å². The minimum Gasteiger partial charge on any atom is -0.387 e. The number of nitrogens with one attached hydrogen (secondary N) is 3. The van der Waals surface area contributed by atoms with Crippen LogP contribution in [0, 0.1) is 5.82 Å². The number of aliphatic hydroxyl groups is 1. The van der Waals surface area contributed by atoms with Gasteiger partial charge in [0, 0.05) is 17.1 Å². The van der Waals surface area contributed by atoms with Gasteiger partial charge in [0.1, 0.15) is 18.5 Å². The van der Waals surface area contributed by atoms with Gasteiger partial charge >= 0.3 is 0 Å². The molecule has 0 spiro atoms. The van der Waals surface area contributed by atoms with Gasteiger partial charge in [0.05, 0.1) is 0 Å². The highest BCUT2D eigenvalue weighted by molar-refractivity contribution is 5.96. The number of anilines is 3. The fourth-order valence-corrected chi connectivity index (χ4v) is 2.02. The zero-order chi connectivity index (χ0) is 17.5. The monoisotopic (exact) mass is 331 g/mol. The molecule has 0 fully saturated rings. The highest BCUT2D eigenvalue weighted by atomic mass is 19.1. The first-order valence-electron chi connectivity index (χ1n) is 7.31. The Kier molecular flexibility index (Phi) is 5.86. The topological polar surface area (TPSA) is 90.5 Å². The van der Waals surface area contributed by atoms with Gasteiger partial charge in [-0.2, -0.15) is 0 Å². The van der Waals surface area contributed by atoms with Crippen molar-refractivity contribution in [3.63, 3.8) is 0 Å². The van der Waals surface area contributed by atoms with Gasteiger partial charge in [-0.25, -0.2) is 4.39 Å². The molecule has 6 nitrogen and oxygen atoms in total. The predicted octanol–water partition coefficient (Wildman–Crippen LogP) is 2.20. The van der Waals surface area contributed by atoms with Crippen molar-refractivity contribution in [3.05, 3.63) is 54.3 Å². The molecule has 126 valence electrons. The third-order valence-corrected chi connectivity index (χ3v) is 3.16. The molecule has 0 aliphatic heterocycles. The molecule has 0 aliphatic rings. The van der Waals surface area contributed by atoms with Crippen molar-refractivity contribution in [3.8, 4) is 0 Å². The van der Waals surface area contributed by atoms with E-state index in [9.17, 15) is 14.0 Å². The van der Waals surface area contributed by atoms with Crippen LogP contribution in [-0.2, 0) is 9.59 Å². The first kappa shape index (κ1) is 17.4. The lowest BCUT2D eigenvalue weighted by molar-refractivity contribution is -0.119. The molecule has 0 aromatic heterocycles. The third kappa shape index (κ3) is 5.06. The van der Waals surface area contributed by atoms with Crippen LogP contribution in [0.25, 0.3) is 0 Å². The van der Waals surface area contributed by atoms with Crippen LogP contribution in [0.4, 0.5) is 21.5 Å². The van der Waals surface area contributed by atoms with Crippen LogP contribution in [-0.4, -0.2) is 29.6 Å². The lowest BCUT2D eigenvalue weighted by atomic mass is 10.2. The van der Waals surface area contributed by atoms with Crippen LogP contribution >= 0.6 is 0 Å². The number of aliphatic hydroxyl groups excluding tert-OH is 1. The number of halogens is 1. The second-order valence-corrected chi connectivity index (χ2v) is 5.15. The molecule has 7 heteroatoms. The molecule has 24 heavy (non-hydrogen) atoms. The van der Waals surface area contributed by atoms with E-state index in [0.717, 1.165) is 0 Å². The molecule has 0 saturated carbocycles. The highest BCUT2D eigenvalue weighted by Crippen LogP contribution is 2.16. The summed E-state index contributed by atoms with van der Waals surface area (Å²) >= 11 is 0. The Balaban J connectivity index is 1.98. The number of hydrogen-bond donors (Lipinski definition) is 4. The first-order chi connectivity index (χ1) is 11.5. The third-order valence-electron chi connectivity index (χ3n) is 3.16. The molecule has 0 heterocycles. The van der Waals surface area contributed by atoms with Crippen molar-refractivity contribution in [1.82, 2.24) is 0 Å². The van der Waals surface area contributed by atoms with Crippen molar-refractivity contribution in [2.45, 2.75) is 13.0 Å². The molecule has 2 aromatic carbocycles. The summed E-state index contributed by atoms with van der Waals surface area (Å²) in [5.74, 6) is -1.28. The van der Waals surface area contributed by atoms with Crippen LogP contribution in [0.5, 0.6) is 0 Å². The molecule has 0 unspecified atom stereocenters. The molecule has 2 rings (SSSR count). The van der Waals surface area contributed by atoms with Crippen LogP contribution in [0.2, 0.25) is 0 Å².